The summed E-state index contributed by atoms with van der Waals surface area (Å²) in [5.74, 6) is -0.404. The summed E-state index contributed by atoms with van der Waals surface area (Å²) in [5.41, 5.74) is 2.79. The highest BCUT2D eigenvalue weighted by molar-refractivity contribution is 5.84. The lowest BCUT2D eigenvalue weighted by Gasteiger charge is -2.22. The van der Waals surface area contributed by atoms with Crippen LogP contribution in [0.15, 0.2) is 48.5 Å². The molecule has 0 spiro atoms. The van der Waals surface area contributed by atoms with Gasteiger partial charge < -0.3 is 20.1 Å². The lowest BCUT2D eigenvalue weighted by atomic mass is 10.1. The molecule has 2 N–H and O–H groups in total. The minimum Gasteiger partial charge on any atom is -0.491 e. The zero-order chi connectivity index (χ0) is 18.9. The SMILES string of the molecule is Cc1cccc(C)c1OCCNC(=O)CN(CC(=O)O)c1ccccc1. The number of carbonyl (C=O) groups is 2. The van der Waals surface area contributed by atoms with Gasteiger partial charge in [0.2, 0.25) is 5.91 Å². The topological polar surface area (TPSA) is 78.9 Å². The smallest absolute Gasteiger partial charge is 0.323 e. The molecule has 0 radical (unpaired) electrons. The molecular formula is C20H24N2O4. The number of aryl methyl sites for hydroxylation is 2. The van der Waals surface area contributed by atoms with Gasteiger partial charge in [0.15, 0.2) is 0 Å². The van der Waals surface area contributed by atoms with Gasteiger partial charge in [-0.2, -0.15) is 0 Å². The number of nitrogens with one attached hydrogen (secondary N) is 1. The quantitative estimate of drug-likeness (QED) is 0.675. The van der Waals surface area contributed by atoms with Crippen LogP contribution in [0.25, 0.3) is 0 Å². The minimum atomic E-state index is -0.986. The summed E-state index contributed by atoms with van der Waals surface area (Å²) >= 11 is 0. The largest absolute Gasteiger partial charge is 0.491 e. The average molecular weight is 356 g/mol. The van der Waals surface area contributed by atoms with Gasteiger partial charge in [-0.05, 0) is 37.1 Å². The van der Waals surface area contributed by atoms with Crippen LogP contribution in [-0.2, 0) is 9.59 Å². The highest BCUT2D eigenvalue weighted by Gasteiger charge is 2.14. The summed E-state index contributed by atoms with van der Waals surface area (Å²) in [5, 5.41) is 11.8. The maximum Gasteiger partial charge on any atom is 0.323 e. The average Bonchev–Trinajstić information content (AvgIpc) is 2.60. The van der Waals surface area contributed by atoms with Gasteiger partial charge in [0, 0.05) is 5.69 Å². The third-order valence-corrected chi connectivity index (χ3v) is 3.86. The van der Waals surface area contributed by atoms with Crippen molar-refractivity contribution in [3.63, 3.8) is 0 Å². The van der Waals surface area contributed by atoms with Crippen molar-refractivity contribution in [3.8, 4) is 5.75 Å². The molecule has 0 unspecified atom stereocenters. The molecule has 6 nitrogen and oxygen atoms in total. The Kier molecular flexibility index (Phi) is 7.02. The van der Waals surface area contributed by atoms with Gasteiger partial charge in [0.25, 0.3) is 0 Å². The molecule has 0 saturated heterocycles. The Balaban J connectivity index is 1.83. The third-order valence-electron chi connectivity index (χ3n) is 3.86. The van der Waals surface area contributed by atoms with Gasteiger partial charge in [-0.3, -0.25) is 9.59 Å². The molecule has 138 valence electrons. The Morgan fingerprint density at radius 1 is 1.00 bits per heavy atom. The minimum absolute atomic E-state index is 0.0281. The normalized spacial score (nSPS) is 10.2. The van der Waals surface area contributed by atoms with Crippen molar-refractivity contribution in [1.82, 2.24) is 5.32 Å². The highest BCUT2D eigenvalue weighted by atomic mass is 16.5. The Morgan fingerprint density at radius 3 is 2.27 bits per heavy atom. The summed E-state index contributed by atoms with van der Waals surface area (Å²) in [6, 6.07) is 14.9. The number of benzene rings is 2. The predicted octanol–water partition coefficient (Wildman–Crippen LogP) is 2.39. The molecule has 2 rings (SSSR count). The van der Waals surface area contributed by atoms with E-state index in [1.165, 1.54) is 4.90 Å². The number of hydrogen-bond donors (Lipinski definition) is 2. The number of nitrogens with zero attached hydrogens (tertiary/aromatic N) is 1. The fraction of sp³-hybridized carbons (Fsp3) is 0.300. The van der Waals surface area contributed by atoms with Crippen molar-refractivity contribution in [2.75, 3.05) is 31.1 Å². The molecule has 2 aromatic rings. The molecule has 0 aliphatic heterocycles. The van der Waals surface area contributed by atoms with Crippen molar-refractivity contribution in [2.24, 2.45) is 0 Å². The molecule has 0 bridgehead atoms. The van der Waals surface area contributed by atoms with E-state index in [0.29, 0.717) is 18.8 Å². The van der Waals surface area contributed by atoms with E-state index in [2.05, 4.69) is 5.32 Å². The molecule has 6 heteroatoms. The number of anilines is 1. The number of carboxylic acid groups (broad SMARTS) is 1. The second-order valence-corrected chi connectivity index (χ2v) is 6.00. The van der Waals surface area contributed by atoms with Gasteiger partial charge in [0.1, 0.15) is 18.9 Å². The van der Waals surface area contributed by atoms with E-state index < -0.39 is 5.97 Å². The van der Waals surface area contributed by atoms with Crippen molar-refractivity contribution in [2.45, 2.75) is 13.8 Å². The number of aliphatic carboxylic acids is 1. The van der Waals surface area contributed by atoms with Gasteiger partial charge in [-0.15, -0.1) is 0 Å². The van der Waals surface area contributed by atoms with Crippen molar-refractivity contribution in [3.05, 3.63) is 59.7 Å². The first-order valence-corrected chi connectivity index (χ1v) is 8.45. The number of hydrogen-bond acceptors (Lipinski definition) is 4. The van der Waals surface area contributed by atoms with Crippen LogP contribution in [0.2, 0.25) is 0 Å². The zero-order valence-electron chi connectivity index (χ0n) is 15.1. The van der Waals surface area contributed by atoms with E-state index in [4.69, 9.17) is 9.84 Å². The zero-order valence-corrected chi connectivity index (χ0v) is 15.1. The standard InChI is InChI=1S/C20H24N2O4/c1-15-7-6-8-16(2)20(15)26-12-11-21-18(23)13-22(14-19(24)25)17-9-4-3-5-10-17/h3-10H,11-14H2,1-2H3,(H,21,23)(H,24,25). The number of carboxylic acids is 1. The van der Waals surface area contributed by atoms with Crippen LogP contribution in [0, 0.1) is 13.8 Å². The maximum atomic E-state index is 12.2. The predicted molar refractivity (Wildman–Crippen MR) is 101 cm³/mol. The Bertz CT molecular complexity index is 726. The second kappa shape index (κ2) is 9.46. The van der Waals surface area contributed by atoms with Crippen LogP contribution in [0.5, 0.6) is 5.75 Å². The highest BCUT2D eigenvalue weighted by Crippen LogP contribution is 2.21. The first-order chi connectivity index (χ1) is 12.5. The first-order valence-electron chi connectivity index (χ1n) is 8.45. The number of para-hydroxylation sites is 2. The number of ether oxygens (including phenoxy) is 1. The molecule has 0 atom stereocenters. The monoisotopic (exact) mass is 356 g/mol. The molecule has 0 heterocycles. The van der Waals surface area contributed by atoms with Crippen LogP contribution >= 0.6 is 0 Å². The lowest BCUT2D eigenvalue weighted by molar-refractivity contribution is -0.135. The molecule has 0 aliphatic rings. The van der Waals surface area contributed by atoms with Crippen molar-refractivity contribution in [1.29, 1.82) is 0 Å². The fourth-order valence-corrected chi connectivity index (χ4v) is 2.64. The molecule has 0 aliphatic carbocycles. The summed E-state index contributed by atoms with van der Waals surface area (Å²) in [6.07, 6.45) is 0. The van der Waals surface area contributed by atoms with E-state index in [-0.39, 0.29) is 19.0 Å². The van der Waals surface area contributed by atoms with Crippen LogP contribution in [0.4, 0.5) is 5.69 Å². The van der Waals surface area contributed by atoms with Gasteiger partial charge in [0.05, 0.1) is 13.1 Å². The van der Waals surface area contributed by atoms with Crippen LogP contribution < -0.4 is 15.0 Å². The Hall–Kier alpha value is -3.02. The molecule has 0 aromatic heterocycles. The third kappa shape index (κ3) is 5.81. The summed E-state index contributed by atoms with van der Waals surface area (Å²) in [6.45, 7) is 4.38. The molecular weight excluding hydrogens is 332 g/mol. The first kappa shape index (κ1) is 19.3. The summed E-state index contributed by atoms with van der Waals surface area (Å²) in [7, 11) is 0. The van der Waals surface area contributed by atoms with Crippen LogP contribution in [0.1, 0.15) is 11.1 Å². The van der Waals surface area contributed by atoms with Crippen LogP contribution in [-0.4, -0.2) is 43.2 Å². The van der Waals surface area contributed by atoms with Gasteiger partial charge in [-0.1, -0.05) is 36.4 Å². The molecule has 26 heavy (non-hydrogen) atoms. The van der Waals surface area contributed by atoms with E-state index >= 15 is 0 Å². The number of carbonyl (C=O) groups excluding carboxylic acids is 1. The fourth-order valence-electron chi connectivity index (χ4n) is 2.64. The number of amides is 1. The Labute approximate surface area is 153 Å². The van der Waals surface area contributed by atoms with E-state index in [0.717, 1.165) is 16.9 Å². The molecule has 0 fully saturated rings. The summed E-state index contributed by atoms with van der Waals surface area (Å²) in [4.78, 5) is 24.7. The maximum absolute atomic E-state index is 12.2. The number of rotatable bonds is 9. The van der Waals surface area contributed by atoms with Crippen molar-refractivity contribution < 1.29 is 19.4 Å². The molecule has 2 aromatic carbocycles. The van der Waals surface area contributed by atoms with E-state index in [1.807, 2.05) is 38.1 Å². The van der Waals surface area contributed by atoms with E-state index in [9.17, 15) is 9.59 Å². The Morgan fingerprint density at radius 2 is 1.65 bits per heavy atom. The second-order valence-electron chi connectivity index (χ2n) is 6.00. The van der Waals surface area contributed by atoms with Crippen molar-refractivity contribution >= 4 is 17.6 Å². The van der Waals surface area contributed by atoms with Gasteiger partial charge in [-0.25, -0.2) is 0 Å². The molecule has 1 amide bonds. The van der Waals surface area contributed by atoms with Crippen LogP contribution in [0.3, 0.4) is 0 Å². The molecule has 0 saturated carbocycles. The summed E-state index contributed by atoms with van der Waals surface area (Å²) < 4.78 is 5.75. The van der Waals surface area contributed by atoms with E-state index in [1.54, 1.807) is 24.3 Å². The van der Waals surface area contributed by atoms with Gasteiger partial charge >= 0.3 is 5.97 Å². The lowest BCUT2D eigenvalue weighted by Crippen LogP contribution is -2.41.